The molecule has 0 aliphatic rings. The van der Waals surface area contributed by atoms with Crippen molar-refractivity contribution in [2.75, 3.05) is 0 Å². The summed E-state index contributed by atoms with van der Waals surface area (Å²) in [7, 11) is 0. The first kappa shape index (κ1) is 9.66. The summed E-state index contributed by atoms with van der Waals surface area (Å²) in [4.78, 5) is 3.99. The molecule has 1 aromatic heterocycles. The number of hydrogen-bond donors (Lipinski definition) is 0. The lowest BCUT2D eigenvalue weighted by Crippen LogP contribution is -1.89. The van der Waals surface area contributed by atoms with E-state index in [0.717, 1.165) is 17.6 Å². The highest BCUT2D eigenvalue weighted by Crippen LogP contribution is 2.16. The Balaban J connectivity index is 2.12. The Morgan fingerprint density at radius 2 is 1.67 bits per heavy atom. The zero-order valence-electron chi connectivity index (χ0n) is 8.56. The van der Waals surface area contributed by atoms with Crippen LogP contribution in [0.25, 0.3) is 5.57 Å². The molecule has 0 atom stereocenters. The molecule has 0 saturated heterocycles. The van der Waals surface area contributed by atoms with Crippen LogP contribution < -0.4 is 0 Å². The van der Waals surface area contributed by atoms with Crippen LogP contribution in [0.15, 0.2) is 61.4 Å². The minimum absolute atomic E-state index is 0.894. The van der Waals surface area contributed by atoms with Crippen molar-refractivity contribution in [3.8, 4) is 0 Å². The van der Waals surface area contributed by atoms with Crippen molar-refractivity contribution in [1.82, 2.24) is 4.98 Å². The van der Waals surface area contributed by atoms with Gasteiger partial charge in [-0.25, -0.2) is 0 Å². The average Bonchev–Trinajstić information content (AvgIpc) is 2.31. The van der Waals surface area contributed by atoms with Gasteiger partial charge in [-0.2, -0.15) is 0 Å². The van der Waals surface area contributed by atoms with Crippen molar-refractivity contribution < 1.29 is 0 Å². The van der Waals surface area contributed by atoms with Crippen LogP contribution in [-0.2, 0) is 6.42 Å². The summed E-state index contributed by atoms with van der Waals surface area (Å²) in [6.07, 6.45) is 4.49. The molecule has 0 aliphatic carbocycles. The maximum absolute atomic E-state index is 4.09. The molecule has 0 aliphatic heterocycles. The zero-order chi connectivity index (χ0) is 10.5. The predicted molar refractivity (Wildman–Crippen MR) is 63.4 cm³/mol. The number of aromatic nitrogens is 1. The third-order valence-corrected chi connectivity index (χ3v) is 2.35. The molecular formula is C14H13N. The molecule has 0 fully saturated rings. The number of allylic oxidation sites excluding steroid dienone is 1. The van der Waals surface area contributed by atoms with Crippen molar-refractivity contribution in [2.24, 2.45) is 0 Å². The van der Waals surface area contributed by atoms with Crippen LogP contribution in [0.4, 0.5) is 0 Å². The lowest BCUT2D eigenvalue weighted by molar-refractivity contribution is 1.26. The van der Waals surface area contributed by atoms with Gasteiger partial charge in [0.1, 0.15) is 0 Å². The third-order valence-electron chi connectivity index (χ3n) is 2.35. The maximum Gasteiger partial charge on any atom is 0.0273 e. The minimum Gasteiger partial charge on any atom is -0.265 e. The molecule has 1 nitrogen and oxygen atoms in total. The Labute approximate surface area is 90.1 Å². The van der Waals surface area contributed by atoms with Gasteiger partial charge in [-0.3, -0.25) is 4.98 Å². The number of pyridine rings is 1. The summed E-state index contributed by atoms with van der Waals surface area (Å²) < 4.78 is 0. The number of nitrogens with zero attached hydrogens (tertiary/aromatic N) is 1. The van der Waals surface area contributed by atoms with Crippen LogP contribution in [-0.4, -0.2) is 4.98 Å². The van der Waals surface area contributed by atoms with E-state index in [1.165, 1.54) is 5.56 Å². The lowest BCUT2D eigenvalue weighted by Gasteiger charge is -2.05. The molecule has 2 rings (SSSR count). The molecule has 2 aromatic rings. The first-order valence-corrected chi connectivity index (χ1v) is 4.98. The fourth-order valence-corrected chi connectivity index (χ4v) is 1.53. The van der Waals surface area contributed by atoms with Crippen molar-refractivity contribution in [3.63, 3.8) is 0 Å². The number of rotatable bonds is 3. The van der Waals surface area contributed by atoms with Crippen LogP contribution in [0.5, 0.6) is 0 Å². The van der Waals surface area contributed by atoms with Crippen LogP contribution in [0.2, 0.25) is 0 Å². The summed E-state index contributed by atoms with van der Waals surface area (Å²) in [6.45, 7) is 4.09. The molecule has 0 radical (unpaired) electrons. The number of benzene rings is 1. The quantitative estimate of drug-likeness (QED) is 0.732. The fourth-order valence-electron chi connectivity index (χ4n) is 1.53. The van der Waals surface area contributed by atoms with E-state index in [9.17, 15) is 0 Å². The zero-order valence-corrected chi connectivity index (χ0v) is 8.56. The SMILES string of the molecule is C=C(Cc1ccccc1)c1ccncc1. The van der Waals surface area contributed by atoms with E-state index >= 15 is 0 Å². The highest BCUT2D eigenvalue weighted by atomic mass is 14.6. The summed E-state index contributed by atoms with van der Waals surface area (Å²) in [5.74, 6) is 0. The van der Waals surface area contributed by atoms with Gasteiger partial charge in [-0.1, -0.05) is 36.9 Å². The molecule has 0 unspecified atom stereocenters. The first-order valence-electron chi connectivity index (χ1n) is 4.98. The van der Waals surface area contributed by atoms with E-state index in [1.807, 2.05) is 18.2 Å². The Hall–Kier alpha value is -1.89. The highest BCUT2D eigenvalue weighted by molar-refractivity contribution is 5.65. The van der Waals surface area contributed by atoms with E-state index in [2.05, 4.69) is 35.8 Å². The Bertz CT molecular complexity index is 431. The van der Waals surface area contributed by atoms with Gasteiger partial charge in [0, 0.05) is 12.4 Å². The number of hydrogen-bond acceptors (Lipinski definition) is 1. The van der Waals surface area contributed by atoms with E-state index in [0.29, 0.717) is 0 Å². The first-order chi connectivity index (χ1) is 7.36. The minimum atomic E-state index is 0.894. The highest BCUT2D eigenvalue weighted by Gasteiger charge is 1.99. The van der Waals surface area contributed by atoms with Crippen molar-refractivity contribution >= 4 is 5.57 Å². The van der Waals surface area contributed by atoms with Crippen molar-refractivity contribution in [2.45, 2.75) is 6.42 Å². The summed E-state index contributed by atoms with van der Waals surface area (Å²) in [5.41, 5.74) is 3.58. The van der Waals surface area contributed by atoms with E-state index in [-0.39, 0.29) is 0 Å². The molecule has 0 saturated carbocycles. The standard InChI is InChI=1S/C14H13N/c1-12(14-7-9-15-10-8-14)11-13-5-3-2-4-6-13/h2-10H,1,11H2. The topological polar surface area (TPSA) is 12.9 Å². The molecule has 74 valence electrons. The van der Waals surface area contributed by atoms with Gasteiger partial charge in [0.25, 0.3) is 0 Å². The van der Waals surface area contributed by atoms with Gasteiger partial charge >= 0.3 is 0 Å². The Kier molecular flexibility index (Phi) is 2.93. The molecule has 1 heterocycles. The molecule has 15 heavy (non-hydrogen) atoms. The average molecular weight is 195 g/mol. The molecule has 0 spiro atoms. The molecule has 0 bridgehead atoms. The molecular weight excluding hydrogens is 182 g/mol. The van der Waals surface area contributed by atoms with Gasteiger partial charge in [-0.15, -0.1) is 0 Å². The maximum atomic E-state index is 4.09. The molecule has 0 N–H and O–H groups in total. The molecule has 0 amide bonds. The predicted octanol–water partition coefficient (Wildman–Crippen LogP) is 3.34. The second kappa shape index (κ2) is 4.56. The van der Waals surface area contributed by atoms with Gasteiger partial charge in [-0.05, 0) is 35.3 Å². The van der Waals surface area contributed by atoms with Crippen LogP contribution in [0, 0.1) is 0 Å². The van der Waals surface area contributed by atoms with Crippen molar-refractivity contribution in [1.29, 1.82) is 0 Å². The monoisotopic (exact) mass is 195 g/mol. The molecule has 1 aromatic carbocycles. The third kappa shape index (κ3) is 2.53. The Morgan fingerprint density at radius 3 is 2.33 bits per heavy atom. The van der Waals surface area contributed by atoms with Gasteiger partial charge in [0.05, 0.1) is 0 Å². The smallest absolute Gasteiger partial charge is 0.0273 e. The van der Waals surface area contributed by atoms with Crippen molar-refractivity contribution in [3.05, 3.63) is 72.6 Å². The second-order valence-electron chi connectivity index (χ2n) is 3.50. The van der Waals surface area contributed by atoms with E-state index in [4.69, 9.17) is 0 Å². The second-order valence-corrected chi connectivity index (χ2v) is 3.50. The van der Waals surface area contributed by atoms with Crippen LogP contribution in [0.3, 0.4) is 0 Å². The van der Waals surface area contributed by atoms with Crippen LogP contribution >= 0.6 is 0 Å². The largest absolute Gasteiger partial charge is 0.265 e. The van der Waals surface area contributed by atoms with Gasteiger partial charge in [0.15, 0.2) is 0 Å². The Morgan fingerprint density at radius 1 is 1.00 bits per heavy atom. The normalized spacial score (nSPS) is 9.87. The summed E-state index contributed by atoms with van der Waals surface area (Å²) >= 11 is 0. The fraction of sp³-hybridized carbons (Fsp3) is 0.0714. The van der Waals surface area contributed by atoms with E-state index in [1.54, 1.807) is 12.4 Å². The summed E-state index contributed by atoms with van der Waals surface area (Å²) in [6, 6.07) is 14.3. The van der Waals surface area contributed by atoms with Crippen LogP contribution in [0.1, 0.15) is 11.1 Å². The lowest BCUT2D eigenvalue weighted by atomic mass is 10.0. The summed E-state index contributed by atoms with van der Waals surface area (Å²) in [5, 5.41) is 0. The van der Waals surface area contributed by atoms with Gasteiger partial charge in [0.2, 0.25) is 0 Å². The van der Waals surface area contributed by atoms with E-state index < -0.39 is 0 Å². The van der Waals surface area contributed by atoms with Gasteiger partial charge < -0.3 is 0 Å². The molecule has 1 heteroatoms.